The molecule has 0 N–H and O–H groups in total. The number of para-hydroxylation sites is 2. The number of hydrogen-bond acceptors (Lipinski definition) is 4. The molecule has 0 fully saturated rings. The van der Waals surface area contributed by atoms with Crippen molar-refractivity contribution in [3.8, 4) is 11.8 Å². The van der Waals surface area contributed by atoms with Crippen molar-refractivity contribution in [2.75, 3.05) is 6.61 Å². The second-order valence-electron chi connectivity index (χ2n) is 5.32. The van der Waals surface area contributed by atoms with E-state index in [4.69, 9.17) is 32.4 Å². The van der Waals surface area contributed by atoms with Gasteiger partial charge in [0, 0.05) is 0 Å². The summed E-state index contributed by atoms with van der Waals surface area (Å²) < 4.78 is 11.2. The van der Waals surface area contributed by atoms with E-state index in [-0.39, 0.29) is 11.5 Å². The molecule has 2 aromatic carbocycles. The van der Waals surface area contributed by atoms with Crippen LogP contribution in [0.4, 0.5) is 0 Å². The Labute approximate surface area is 155 Å². The third-order valence-corrected chi connectivity index (χ3v) is 3.99. The summed E-state index contributed by atoms with van der Waals surface area (Å²) in [5, 5.41) is 10.2. The molecule has 3 rings (SSSR count). The van der Waals surface area contributed by atoms with Crippen molar-refractivity contribution in [1.29, 1.82) is 5.26 Å². The van der Waals surface area contributed by atoms with Gasteiger partial charge in [-0.25, -0.2) is 4.98 Å². The number of nitriles is 1. The summed E-state index contributed by atoms with van der Waals surface area (Å²) in [7, 11) is 0. The van der Waals surface area contributed by atoms with E-state index in [9.17, 15) is 5.26 Å². The highest BCUT2D eigenvalue weighted by atomic mass is 35.5. The van der Waals surface area contributed by atoms with Gasteiger partial charge in [-0.1, -0.05) is 42.3 Å². The number of oxazole rings is 1. The van der Waals surface area contributed by atoms with Crippen LogP contribution in [0.3, 0.4) is 0 Å². The Bertz CT molecular complexity index is 930. The Morgan fingerprint density at radius 2 is 2.00 bits per heavy atom. The molecule has 6 heteroatoms. The fourth-order valence-corrected chi connectivity index (χ4v) is 2.91. The van der Waals surface area contributed by atoms with E-state index in [0.29, 0.717) is 39.1 Å². The van der Waals surface area contributed by atoms with Gasteiger partial charge in [0.25, 0.3) is 0 Å². The average Bonchev–Trinajstić information content (AvgIpc) is 3.03. The number of rotatable bonds is 5. The van der Waals surface area contributed by atoms with Crippen LogP contribution in [0.1, 0.15) is 24.8 Å². The van der Waals surface area contributed by atoms with E-state index in [1.165, 1.54) is 0 Å². The van der Waals surface area contributed by atoms with Crippen LogP contribution in [-0.4, -0.2) is 11.6 Å². The minimum Gasteiger partial charge on any atom is -0.490 e. The largest absolute Gasteiger partial charge is 0.490 e. The van der Waals surface area contributed by atoms with Crippen LogP contribution in [0.25, 0.3) is 22.7 Å². The van der Waals surface area contributed by atoms with E-state index >= 15 is 0 Å². The first-order valence-electron chi connectivity index (χ1n) is 7.72. The van der Waals surface area contributed by atoms with E-state index < -0.39 is 0 Å². The number of nitrogens with zero attached hydrogens (tertiary/aromatic N) is 2. The molecule has 25 heavy (non-hydrogen) atoms. The van der Waals surface area contributed by atoms with Crippen LogP contribution < -0.4 is 4.74 Å². The molecule has 1 heterocycles. The van der Waals surface area contributed by atoms with Crippen LogP contribution in [0.2, 0.25) is 10.0 Å². The number of ether oxygens (including phenoxy) is 1. The summed E-state index contributed by atoms with van der Waals surface area (Å²) >= 11 is 12.5. The van der Waals surface area contributed by atoms with Gasteiger partial charge in [-0.15, -0.1) is 0 Å². The smallest absolute Gasteiger partial charge is 0.238 e. The predicted octanol–water partition coefficient (Wildman–Crippen LogP) is 5.99. The number of halogens is 2. The van der Waals surface area contributed by atoms with Crippen LogP contribution in [0.15, 0.2) is 40.8 Å². The minimum atomic E-state index is 0.252. The lowest BCUT2D eigenvalue weighted by Crippen LogP contribution is -1.96. The highest BCUT2D eigenvalue weighted by Crippen LogP contribution is 2.35. The summed E-state index contributed by atoms with van der Waals surface area (Å²) in [6.45, 7) is 2.53. The van der Waals surface area contributed by atoms with Crippen molar-refractivity contribution < 1.29 is 9.15 Å². The Morgan fingerprint density at radius 1 is 1.28 bits per heavy atom. The third-order valence-electron chi connectivity index (χ3n) is 3.43. The zero-order valence-corrected chi connectivity index (χ0v) is 14.9. The molecule has 0 radical (unpaired) electrons. The minimum absolute atomic E-state index is 0.252. The van der Waals surface area contributed by atoms with Crippen molar-refractivity contribution >= 4 is 46.0 Å². The lowest BCUT2D eigenvalue weighted by Gasteiger charge is -2.09. The maximum Gasteiger partial charge on any atom is 0.238 e. The zero-order valence-electron chi connectivity index (χ0n) is 13.4. The van der Waals surface area contributed by atoms with Gasteiger partial charge < -0.3 is 9.15 Å². The molecule has 0 unspecified atom stereocenters. The van der Waals surface area contributed by atoms with Crippen molar-refractivity contribution in [1.82, 2.24) is 4.98 Å². The quantitative estimate of drug-likeness (QED) is 0.516. The summed E-state index contributed by atoms with van der Waals surface area (Å²) in [5.74, 6) is 0.699. The first kappa shape index (κ1) is 17.3. The number of aromatic nitrogens is 1. The zero-order chi connectivity index (χ0) is 17.8. The molecule has 0 amide bonds. The van der Waals surface area contributed by atoms with Gasteiger partial charge in [-0.05, 0) is 42.3 Å². The van der Waals surface area contributed by atoms with Gasteiger partial charge in [0.05, 0.1) is 16.7 Å². The van der Waals surface area contributed by atoms with E-state index in [0.717, 1.165) is 6.42 Å². The van der Waals surface area contributed by atoms with Crippen molar-refractivity contribution in [2.45, 2.75) is 13.3 Å². The standard InChI is InChI=1S/C19H14Cl2N2O2/c1-2-7-24-18-14(20)9-12(10-15(18)21)8-13(11-22)19-23-16-5-3-4-6-17(16)25-19/h3-6,8-10H,2,7H2,1H3/b13-8+. The molecule has 0 bridgehead atoms. The van der Waals surface area contributed by atoms with E-state index in [2.05, 4.69) is 11.1 Å². The summed E-state index contributed by atoms with van der Waals surface area (Å²) in [4.78, 5) is 4.33. The first-order chi connectivity index (χ1) is 12.1. The second-order valence-corrected chi connectivity index (χ2v) is 6.13. The Hall–Kier alpha value is -2.48. The lowest BCUT2D eigenvalue weighted by atomic mass is 10.1. The fraction of sp³-hybridized carbons (Fsp3) is 0.158. The van der Waals surface area contributed by atoms with Crippen molar-refractivity contribution in [2.24, 2.45) is 0 Å². The molecule has 126 valence electrons. The molecule has 4 nitrogen and oxygen atoms in total. The topological polar surface area (TPSA) is 59.0 Å². The fourth-order valence-electron chi connectivity index (χ4n) is 2.30. The lowest BCUT2D eigenvalue weighted by molar-refractivity contribution is 0.318. The van der Waals surface area contributed by atoms with Crippen molar-refractivity contribution in [3.63, 3.8) is 0 Å². The SMILES string of the molecule is CCCOc1c(Cl)cc(/C=C(\C#N)c2nc3ccccc3o2)cc1Cl. The normalized spacial score (nSPS) is 11.5. The maximum atomic E-state index is 9.47. The second kappa shape index (κ2) is 7.60. The highest BCUT2D eigenvalue weighted by molar-refractivity contribution is 6.37. The summed E-state index contributed by atoms with van der Waals surface area (Å²) in [5.41, 5.74) is 2.26. The average molecular weight is 373 g/mol. The number of fused-ring (bicyclic) bond motifs is 1. The van der Waals surface area contributed by atoms with E-state index in [1.54, 1.807) is 24.3 Å². The monoisotopic (exact) mass is 372 g/mol. The summed E-state index contributed by atoms with van der Waals surface area (Å²) in [6, 6.07) is 12.8. The molecule has 0 aliphatic heterocycles. The van der Waals surface area contributed by atoms with Gasteiger partial charge in [0.15, 0.2) is 11.3 Å². The molecule has 0 spiro atoms. The molecule has 0 saturated carbocycles. The molecule has 3 aromatic rings. The Morgan fingerprint density at radius 3 is 2.64 bits per heavy atom. The van der Waals surface area contributed by atoms with Gasteiger partial charge in [-0.3, -0.25) is 0 Å². The predicted molar refractivity (Wildman–Crippen MR) is 99.7 cm³/mol. The van der Waals surface area contributed by atoms with Crippen molar-refractivity contribution in [3.05, 3.63) is 57.9 Å². The molecule has 1 aromatic heterocycles. The molecule has 0 saturated heterocycles. The number of allylic oxidation sites excluding steroid dienone is 1. The summed E-state index contributed by atoms with van der Waals surface area (Å²) in [6.07, 6.45) is 2.48. The number of hydrogen-bond donors (Lipinski definition) is 0. The first-order valence-corrected chi connectivity index (χ1v) is 8.47. The number of benzene rings is 2. The van der Waals surface area contributed by atoms with Gasteiger partial charge >= 0.3 is 0 Å². The van der Waals surface area contributed by atoms with Crippen LogP contribution in [-0.2, 0) is 0 Å². The van der Waals surface area contributed by atoms with Gasteiger partial charge in [0.1, 0.15) is 17.2 Å². The van der Waals surface area contributed by atoms with Gasteiger partial charge in [-0.2, -0.15) is 5.26 Å². The molecule has 0 aliphatic carbocycles. The van der Waals surface area contributed by atoms with Gasteiger partial charge in [0.2, 0.25) is 5.89 Å². The van der Waals surface area contributed by atoms with Crippen LogP contribution in [0, 0.1) is 11.3 Å². The maximum absolute atomic E-state index is 9.47. The van der Waals surface area contributed by atoms with Crippen LogP contribution in [0.5, 0.6) is 5.75 Å². The molecule has 0 aliphatic rings. The molecule has 0 atom stereocenters. The highest BCUT2D eigenvalue weighted by Gasteiger charge is 2.13. The van der Waals surface area contributed by atoms with Crippen LogP contribution >= 0.6 is 23.2 Å². The molecular weight excluding hydrogens is 359 g/mol. The Balaban J connectivity index is 1.98. The third kappa shape index (κ3) is 3.79. The van der Waals surface area contributed by atoms with E-state index in [1.807, 2.05) is 25.1 Å². The Kier molecular flexibility index (Phi) is 5.28. The molecular formula is C19H14Cl2N2O2.